The average molecular weight is 831 g/mol. The molecule has 14 heteroatoms. The summed E-state index contributed by atoms with van der Waals surface area (Å²) in [7, 11) is -5.13. The normalized spacial score (nSPS) is 23.2. The molecule has 1 rings (SSSR count). The number of phosphoric acid groups is 1. The molecule has 0 aromatic heterocycles. The quantitative estimate of drug-likeness (QED) is 0.0160. The molecule has 57 heavy (non-hydrogen) atoms. The number of carbonyl (C=O) groups excluding carboxylic acids is 2. The topological polar surface area (TPSA) is 210 Å². The molecule has 0 aliphatic heterocycles. The van der Waals surface area contributed by atoms with E-state index in [1.54, 1.807) is 0 Å². The summed E-state index contributed by atoms with van der Waals surface area (Å²) in [5.41, 5.74) is 0. The van der Waals surface area contributed by atoms with Gasteiger partial charge in [-0.2, -0.15) is 0 Å². The second-order valence-corrected chi connectivity index (χ2v) is 16.3. The number of phosphoric ester groups is 1. The standard InChI is InChI=1S/C43H75O13P/c1-3-5-7-9-11-13-15-17-18-20-22-24-26-28-30-32-37(45)55-35(34-54-57(51,52)56-43-41(49)39(47)38(46)40(48)42(43)50)33-53-36(44)31-29-27-25-23-21-19-16-14-12-10-8-6-4-2/h7,9,13,15,18,20,24,26,35,38-43,46-50H,3-6,8,10-12,14,16-17,19,21-23,25,27-34H2,1-2H3,(H,51,52)/b9-7+,15-13+,20-18+,26-24+. The molecule has 1 aliphatic carbocycles. The minimum absolute atomic E-state index is 0.0208. The highest BCUT2D eigenvalue weighted by molar-refractivity contribution is 7.47. The molecular weight excluding hydrogens is 755 g/mol. The summed E-state index contributed by atoms with van der Waals surface area (Å²) >= 11 is 0. The van der Waals surface area contributed by atoms with Crippen LogP contribution in [0.15, 0.2) is 48.6 Å². The number of rotatable bonds is 34. The Hall–Kier alpha value is -2.19. The number of hydrogen-bond donors (Lipinski definition) is 6. The number of carbonyl (C=O) groups is 2. The van der Waals surface area contributed by atoms with Crippen molar-refractivity contribution in [3.63, 3.8) is 0 Å². The Morgan fingerprint density at radius 1 is 0.544 bits per heavy atom. The first-order valence-electron chi connectivity index (χ1n) is 21.4. The molecule has 0 aromatic carbocycles. The van der Waals surface area contributed by atoms with Crippen LogP contribution in [0.3, 0.4) is 0 Å². The van der Waals surface area contributed by atoms with Crippen molar-refractivity contribution < 1.29 is 63.1 Å². The molecule has 1 fully saturated rings. The Labute approximate surface area is 341 Å². The Kier molecular flexibility index (Phi) is 31.2. The van der Waals surface area contributed by atoms with Crippen LogP contribution in [-0.2, 0) is 32.7 Å². The number of aliphatic hydroxyl groups is 5. The molecule has 13 nitrogen and oxygen atoms in total. The van der Waals surface area contributed by atoms with E-state index < -0.39 is 75.7 Å². The minimum Gasteiger partial charge on any atom is -0.462 e. The summed E-state index contributed by atoms with van der Waals surface area (Å²) in [5, 5.41) is 50.0. The van der Waals surface area contributed by atoms with Gasteiger partial charge in [0.25, 0.3) is 0 Å². The summed E-state index contributed by atoms with van der Waals surface area (Å²) in [6.45, 7) is 3.16. The van der Waals surface area contributed by atoms with E-state index in [-0.39, 0.29) is 12.8 Å². The molecule has 0 spiro atoms. The lowest BCUT2D eigenvalue weighted by molar-refractivity contribution is -0.220. The fraction of sp³-hybridized carbons (Fsp3) is 0.767. The maximum Gasteiger partial charge on any atom is 0.472 e. The molecular formula is C43H75O13P. The van der Waals surface area contributed by atoms with Gasteiger partial charge < -0.3 is 39.9 Å². The average Bonchev–Trinajstić information content (AvgIpc) is 3.19. The maximum absolute atomic E-state index is 12.8. The van der Waals surface area contributed by atoms with Crippen molar-refractivity contribution in [1.29, 1.82) is 0 Å². The highest BCUT2D eigenvalue weighted by Crippen LogP contribution is 2.47. The molecule has 0 bridgehead atoms. The molecule has 6 unspecified atom stereocenters. The van der Waals surface area contributed by atoms with Crippen LogP contribution >= 0.6 is 7.82 Å². The smallest absolute Gasteiger partial charge is 0.462 e. The third-order valence-electron chi connectivity index (χ3n) is 9.65. The summed E-state index contributed by atoms with van der Waals surface area (Å²) < 4.78 is 33.4. The predicted octanol–water partition coefficient (Wildman–Crippen LogP) is 7.61. The van der Waals surface area contributed by atoms with E-state index in [1.165, 1.54) is 57.8 Å². The third kappa shape index (κ3) is 26.5. The number of esters is 2. The SMILES string of the molecule is CCC/C=C/C/C=C/C/C=C/C/C=C/CCCC(=O)OC(COC(=O)CCCCCCCCCCCCCCC)COP(=O)(O)OC1C(O)C(O)C(O)C(O)C1O. The molecule has 6 atom stereocenters. The van der Waals surface area contributed by atoms with E-state index in [0.29, 0.717) is 19.3 Å². The molecule has 0 heterocycles. The van der Waals surface area contributed by atoms with Gasteiger partial charge >= 0.3 is 19.8 Å². The van der Waals surface area contributed by atoms with Gasteiger partial charge in [0.1, 0.15) is 43.2 Å². The number of allylic oxidation sites excluding steroid dienone is 8. The molecule has 1 aliphatic rings. The number of unbranched alkanes of at least 4 members (excludes halogenated alkanes) is 14. The predicted molar refractivity (Wildman–Crippen MR) is 221 cm³/mol. The fourth-order valence-electron chi connectivity index (χ4n) is 6.17. The summed E-state index contributed by atoms with van der Waals surface area (Å²) in [5.74, 6) is -1.17. The summed E-state index contributed by atoms with van der Waals surface area (Å²) in [6, 6.07) is 0. The highest BCUT2D eigenvalue weighted by atomic mass is 31.2. The van der Waals surface area contributed by atoms with Crippen molar-refractivity contribution in [2.75, 3.05) is 13.2 Å². The van der Waals surface area contributed by atoms with Gasteiger partial charge in [-0.25, -0.2) is 4.57 Å². The second-order valence-electron chi connectivity index (χ2n) is 14.8. The summed E-state index contributed by atoms with van der Waals surface area (Å²) in [6.07, 6.45) is 24.7. The van der Waals surface area contributed by atoms with Gasteiger partial charge in [0, 0.05) is 12.8 Å². The van der Waals surface area contributed by atoms with Crippen molar-refractivity contribution in [1.82, 2.24) is 0 Å². The molecule has 0 saturated heterocycles. The zero-order valence-corrected chi connectivity index (χ0v) is 35.5. The van der Waals surface area contributed by atoms with Crippen LogP contribution in [0, 0.1) is 0 Å². The van der Waals surface area contributed by atoms with Crippen LogP contribution in [0.2, 0.25) is 0 Å². The van der Waals surface area contributed by atoms with Gasteiger partial charge in [-0.1, -0.05) is 146 Å². The van der Waals surface area contributed by atoms with Gasteiger partial charge in [0.15, 0.2) is 6.10 Å². The van der Waals surface area contributed by atoms with E-state index in [9.17, 15) is 44.6 Å². The van der Waals surface area contributed by atoms with E-state index in [2.05, 4.69) is 50.3 Å². The number of aliphatic hydroxyl groups excluding tert-OH is 5. The highest BCUT2D eigenvalue weighted by Gasteiger charge is 2.51. The van der Waals surface area contributed by atoms with E-state index in [1.807, 2.05) is 12.2 Å². The van der Waals surface area contributed by atoms with Crippen molar-refractivity contribution >= 4 is 19.8 Å². The molecule has 0 radical (unpaired) electrons. The van der Waals surface area contributed by atoms with Gasteiger partial charge in [0.2, 0.25) is 0 Å². The molecule has 6 N–H and O–H groups in total. The van der Waals surface area contributed by atoms with E-state index in [4.69, 9.17) is 18.5 Å². The Morgan fingerprint density at radius 3 is 1.49 bits per heavy atom. The van der Waals surface area contributed by atoms with Gasteiger partial charge in [0.05, 0.1) is 6.61 Å². The first-order valence-corrected chi connectivity index (χ1v) is 22.9. The Morgan fingerprint density at radius 2 is 0.982 bits per heavy atom. The van der Waals surface area contributed by atoms with Crippen LogP contribution < -0.4 is 0 Å². The third-order valence-corrected chi connectivity index (χ3v) is 10.6. The fourth-order valence-corrected chi connectivity index (χ4v) is 7.14. The zero-order valence-electron chi connectivity index (χ0n) is 34.6. The van der Waals surface area contributed by atoms with Crippen molar-refractivity contribution in [2.24, 2.45) is 0 Å². The molecule has 0 aromatic rings. The Bertz CT molecular complexity index is 1190. The van der Waals surface area contributed by atoms with Crippen molar-refractivity contribution in [2.45, 2.75) is 198 Å². The largest absolute Gasteiger partial charge is 0.472 e. The lowest BCUT2D eigenvalue weighted by Crippen LogP contribution is -2.64. The van der Waals surface area contributed by atoms with Crippen LogP contribution in [0.5, 0.6) is 0 Å². The summed E-state index contributed by atoms with van der Waals surface area (Å²) in [4.78, 5) is 35.5. The lowest BCUT2D eigenvalue weighted by Gasteiger charge is -2.41. The molecule has 0 amide bonds. The number of hydrogen-bond acceptors (Lipinski definition) is 12. The zero-order chi connectivity index (χ0) is 42.2. The first-order chi connectivity index (χ1) is 27.4. The Balaban J connectivity index is 2.55. The lowest BCUT2D eigenvalue weighted by atomic mass is 9.85. The van der Waals surface area contributed by atoms with Crippen LogP contribution in [0.25, 0.3) is 0 Å². The van der Waals surface area contributed by atoms with Gasteiger partial charge in [-0.05, 0) is 44.9 Å². The second kappa shape index (κ2) is 33.6. The monoisotopic (exact) mass is 830 g/mol. The van der Waals surface area contributed by atoms with Crippen LogP contribution in [0.1, 0.15) is 155 Å². The van der Waals surface area contributed by atoms with Crippen molar-refractivity contribution in [3.8, 4) is 0 Å². The van der Waals surface area contributed by atoms with Gasteiger partial charge in [-0.15, -0.1) is 0 Å². The van der Waals surface area contributed by atoms with Gasteiger partial charge in [-0.3, -0.25) is 18.6 Å². The van der Waals surface area contributed by atoms with E-state index >= 15 is 0 Å². The number of ether oxygens (including phenoxy) is 2. The minimum atomic E-state index is -5.13. The molecule has 330 valence electrons. The van der Waals surface area contributed by atoms with Crippen LogP contribution in [0.4, 0.5) is 0 Å². The maximum atomic E-state index is 12.8. The molecule has 1 saturated carbocycles. The van der Waals surface area contributed by atoms with Crippen LogP contribution in [-0.4, -0.2) is 98.3 Å². The van der Waals surface area contributed by atoms with E-state index in [0.717, 1.165) is 51.4 Å². The first kappa shape index (κ1) is 52.8. The van der Waals surface area contributed by atoms with Crippen molar-refractivity contribution in [3.05, 3.63) is 48.6 Å².